The number of aliphatic hydroxyl groups excluding tert-OH is 1. The normalized spacial score (nSPS) is 21.3. The summed E-state index contributed by atoms with van der Waals surface area (Å²) in [6.45, 7) is 12.7. The van der Waals surface area contributed by atoms with Gasteiger partial charge in [-0.2, -0.15) is 0 Å². The first-order valence-electron chi connectivity index (χ1n) is 10.5. The molecule has 3 heteroatoms. The van der Waals surface area contributed by atoms with Crippen molar-refractivity contribution in [2.45, 2.75) is 90.9 Å². The molecule has 2 atom stereocenters. The van der Waals surface area contributed by atoms with Crippen LogP contribution in [0.15, 0.2) is 12.1 Å². The van der Waals surface area contributed by atoms with E-state index in [0.29, 0.717) is 11.7 Å². The van der Waals surface area contributed by atoms with Gasteiger partial charge in [0.1, 0.15) is 11.5 Å². The highest BCUT2D eigenvalue weighted by Crippen LogP contribution is 2.41. The molecule has 1 aromatic carbocycles. The van der Waals surface area contributed by atoms with E-state index in [4.69, 9.17) is 0 Å². The highest BCUT2D eigenvalue weighted by Gasteiger charge is 2.32. The van der Waals surface area contributed by atoms with Crippen molar-refractivity contribution in [1.82, 2.24) is 0 Å². The standard InChI is InChI=1S/C24H38O3/c1-23(2,3)19-14-16(15-20(22(19)27)24(4,5)6)13-17-9-7-8-10-18(17)21(26)11-12-25/h14-15,17-18,25,27H,7-13H2,1-6H3. The fourth-order valence-corrected chi connectivity index (χ4v) is 4.43. The Hall–Kier alpha value is -1.35. The molecule has 0 aromatic heterocycles. The monoisotopic (exact) mass is 374 g/mol. The Morgan fingerprint density at radius 1 is 1.00 bits per heavy atom. The van der Waals surface area contributed by atoms with E-state index in [9.17, 15) is 15.0 Å². The summed E-state index contributed by atoms with van der Waals surface area (Å²) in [6.07, 6.45) is 5.43. The van der Waals surface area contributed by atoms with Gasteiger partial charge in [-0.05, 0) is 52.7 Å². The lowest BCUT2D eigenvalue weighted by Gasteiger charge is -2.32. The van der Waals surface area contributed by atoms with Crippen LogP contribution in [0.25, 0.3) is 0 Å². The van der Waals surface area contributed by atoms with E-state index in [1.807, 2.05) is 0 Å². The Morgan fingerprint density at radius 2 is 1.52 bits per heavy atom. The van der Waals surface area contributed by atoms with Gasteiger partial charge in [0.15, 0.2) is 0 Å². The van der Waals surface area contributed by atoms with E-state index in [2.05, 4.69) is 53.7 Å². The number of ketones is 1. The number of hydrogen-bond acceptors (Lipinski definition) is 3. The molecule has 1 fully saturated rings. The molecule has 0 radical (unpaired) electrons. The summed E-state index contributed by atoms with van der Waals surface area (Å²) in [7, 11) is 0. The van der Waals surface area contributed by atoms with Crippen LogP contribution in [0, 0.1) is 11.8 Å². The number of aromatic hydroxyl groups is 1. The minimum Gasteiger partial charge on any atom is -0.507 e. The third-order valence-electron chi connectivity index (χ3n) is 5.96. The van der Waals surface area contributed by atoms with E-state index in [0.717, 1.165) is 36.8 Å². The van der Waals surface area contributed by atoms with Gasteiger partial charge in [-0.15, -0.1) is 0 Å². The molecule has 2 rings (SSSR count). The van der Waals surface area contributed by atoms with Crippen molar-refractivity contribution >= 4 is 5.78 Å². The van der Waals surface area contributed by atoms with Gasteiger partial charge in [0.05, 0.1) is 0 Å². The van der Waals surface area contributed by atoms with Gasteiger partial charge in [0, 0.05) is 18.9 Å². The minimum atomic E-state index is -0.140. The topological polar surface area (TPSA) is 57.5 Å². The molecular weight excluding hydrogens is 336 g/mol. The Kier molecular flexibility index (Phi) is 6.78. The molecule has 1 aromatic rings. The minimum absolute atomic E-state index is 0.0520. The maximum absolute atomic E-state index is 12.5. The van der Waals surface area contributed by atoms with Crippen molar-refractivity contribution in [3.63, 3.8) is 0 Å². The molecule has 1 aliphatic rings. The zero-order chi connectivity index (χ0) is 20.4. The smallest absolute Gasteiger partial charge is 0.138 e. The quantitative estimate of drug-likeness (QED) is 0.736. The predicted molar refractivity (Wildman–Crippen MR) is 111 cm³/mol. The fourth-order valence-electron chi connectivity index (χ4n) is 4.43. The summed E-state index contributed by atoms with van der Waals surface area (Å²) in [4.78, 5) is 12.5. The molecule has 0 saturated heterocycles. The molecule has 0 bridgehead atoms. The molecule has 152 valence electrons. The van der Waals surface area contributed by atoms with Crippen molar-refractivity contribution in [1.29, 1.82) is 0 Å². The average molecular weight is 375 g/mol. The van der Waals surface area contributed by atoms with Gasteiger partial charge in [0.2, 0.25) is 0 Å². The Labute approximate surface area is 165 Å². The highest BCUT2D eigenvalue weighted by molar-refractivity contribution is 5.81. The second-order valence-electron chi connectivity index (χ2n) is 10.3. The van der Waals surface area contributed by atoms with E-state index in [-0.39, 0.29) is 35.6 Å². The van der Waals surface area contributed by atoms with E-state index in [1.54, 1.807) is 0 Å². The Morgan fingerprint density at radius 3 is 2.00 bits per heavy atom. The number of benzene rings is 1. The number of hydrogen-bond donors (Lipinski definition) is 2. The first-order valence-corrected chi connectivity index (χ1v) is 10.5. The summed E-state index contributed by atoms with van der Waals surface area (Å²) in [5.74, 6) is 1.03. The largest absolute Gasteiger partial charge is 0.507 e. The summed E-state index contributed by atoms with van der Waals surface area (Å²) in [5.41, 5.74) is 2.91. The molecule has 2 N–H and O–H groups in total. The van der Waals surface area contributed by atoms with E-state index >= 15 is 0 Å². The van der Waals surface area contributed by atoms with Crippen LogP contribution in [-0.2, 0) is 22.0 Å². The van der Waals surface area contributed by atoms with Crippen molar-refractivity contribution in [2.75, 3.05) is 6.61 Å². The summed E-state index contributed by atoms with van der Waals surface area (Å²) in [5, 5.41) is 20.1. The fraction of sp³-hybridized carbons (Fsp3) is 0.708. The third-order valence-corrected chi connectivity index (χ3v) is 5.96. The van der Waals surface area contributed by atoms with Crippen LogP contribution < -0.4 is 0 Å². The van der Waals surface area contributed by atoms with Crippen LogP contribution in [0.3, 0.4) is 0 Å². The zero-order valence-electron chi connectivity index (χ0n) is 18.1. The van der Waals surface area contributed by atoms with E-state index in [1.165, 1.54) is 12.0 Å². The number of aliphatic hydroxyl groups is 1. The van der Waals surface area contributed by atoms with Gasteiger partial charge >= 0.3 is 0 Å². The number of phenolic OH excluding ortho intramolecular Hbond substituents is 1. The third kappa shape index (κ3) is 5.34. The van der Waals surface area contributed by atoms with Gasteiger partial charge < -0.3 is 10.2 Å². The maximum atomic E-state index is 12.5. The van der Waals surface area contributed by atoms with Gasteiger partial charge in [-0.3, -0.25) is 4.79 Å². The zero-order valence-corrected chi connectivity index (χ0v) is 18.1. The summed E-state index contributed by atoms with van der Waals surface area (Å²) in [6, 6.07) is 4.29. The van der Waals surface area contributed by atoms with Crippen molar-refractivity contribution in [3.05, 3.63) is 28.8 Å². The van der Waals surface area contributed by atoms with Crippen molar-refractivity contribution in [3.8, 4) is 5.75 Å². The van der Waals surface area contributed by atoms with Crippen molar-refractivity contribution in [2.24, 2.45) is 11.8 Å². The van der Waals surface area contributed by atoms with Crippen molar-refractivity contribution < 1.29 is 15.0 Å². The molecule has 3 nitrogen and oxygen atoms in total. The molecule has 0 spiro atoms. The van der Waals surface area contributed by atoms with Gasteiger partial charge in [-0.25, -0.2) is 0 Å². The van der Waals surface area contributed by atoms with Gasteiger partial charge in [-0.1, -0.05) is 66.5 Å². The second-order valence-corrected chi connectivity index (χ2v) is 10.3. The molecule has 1 aliphatic carbocycles. The van der Waals surface area contributed by atoms with Crippen LogP contribution in [0.5, 0.6) is 5.75 Å². The SMILES string of the molecule is CC(C)(C)c1cc(CC2CCCCC2C(=O)CCO)cc(C(C)(C)C)c1O. The molecule has 0 amide bonds. The second kappa shape index (κ2) is 8.34. The molecule has 2 unspecified atom stereocenters. The summed E-state index contributed by atoms with van der Waals surface area (Å²) < 4.78 is 0. The molecule has 0 heterocycles. The highest BCUT2D eigenvalue weighted by atomic mass is 16.3. The van der Waals surface area contributed by atoms with Crippen LogP contribution in [0.4, 0.5) is 0 Å². The van der Waals surface area contributed by atoms with Crippen LogP contribution in [-0.4, -0.2) is 22.6 Å². The molecule has 1 saturated carbocycles. The van der Waals surface area contributed by atoms with E-state index < -0.39 is 0 Å². The number of carbonyl (C=O) groups is 1. The first-order chi connectivity index (χ1) is 12.4. The average Bonchev–Trinajstić information content (AvgIpc) is 2.55. The number of rotatable bonds is 5. The number of carbonyl (C=O) groups excluding carboxylic acids is 1. The predicted octanol–water partition coefficient (Wildman–Crippen LogP) is 5.29. The molecule has 0 aliphatic heterocycles. The Balaban J connectivity index is 2.41. The van der Waals surface area contributed by atoms with Crippen LogP contribution in [0.1, 0.15) is 90.3 Å². The lowest BCUT2D eigenvalue weighted by atomic mass is 9.72. The van der Waals surface area contributed by atoms with Gasteiger partial charge in [0.25, 0.3) is 0 Å². The Bertz CT molecular complexity index is 626. The lowest BCUT2D eigenvalue weighted by molar-refractivity contribution is -0.126. The van der Waals surface area contributed by atoms with Crippen LogP contribution in [0.2, 0.25) is 0 Å². The lowest BCUT2D eigenvalue weighted by Crippen LogP contribution is -2.29. The number of Topliss-reactive ketones (excluding diaryl/α,β-unsaturated/α-hetero) is 1. The summed E-state index contributed by atoms with van der Waals surface area (Å²) >= 11 is 0. The number of phenols is 1. The first kappa shape index (κ1) is 21.9. The molecular formula is C24H38O3. The maximum Gasteiger partial charge on any atom is 0.138 e. The van der Waals surface area contributed by atoms with Crippen LogP contribution >= 0.6 is 0 Å². The molecule has 27 heavy (non-hydrogen) atoms.